The number of benzene rings is 5. The summed E-state index contributed by atoms with van der Waals surface area (Å²) in [5.74, 6) is -4.27. The number of ketones is 2. The lowest BCUT2D eigenvalue weighted by atomic mass is 9.76. The van der Waals surface area contributed by atoms with E-state index in [1.54, 1.807) is 23.8 Å². The van der Waals surface area contributed by atoms with Crippen molar-refractivity contribution in [2.24, 2.45) is 23.0 Å². The Bertz CT molecular complexity index is 3960. The van der Waals surface area contributed by atoms with E-state index in [0.29, 0.717) is 29.4 Å². The molecule has 470 valence electrons. The monoisotopic (exact) mass is 1260 g/mol. The summed E-state index contributed by atoms with van der Waals surface area (Å²) in [4.78, 5) is 140. The second-order valence-corrected chi connectivity index (χ2v) is 27.3. The van der Waals surface area contributed by atoms with Gasteiger partial charge >= 0.3 is 7.60 Å². The van der Waals surface area contributed by atoms with Gasteiger partial charge < -0.3 is 45.9 Å². The van der Waals surface area contributed by atoms with Gasteiger partial charge in [0.05, 0.1) is 52.3 Å². The topological polar surface area (TPSA) is 309 Å². The number of carbonyl (C=O) groups is 8. The number of para-hydroxylation sites is 1. The first kappa shape index (κ1) is 64.7. The maximum atomic E-state index is 14.7. The van der Waals surface area contributed by atoms with Crippen molar-refractivity contribution < 1.29 is 62.6 Å². The summed E-state index contributed by atoms with van der Waals surface area (Å²) >= 11 is 1.56. The zero-order valence-electron chi connectivity index (χ0n) is 50.8. The molecule has 0 saturated carbocycles. The number of fused-ring (bicyclic) bond motifs is 1. The fourth-order valence-electron chi connectivity index (χ4n) is 12.5. The molecule has 0 unspecified atom stereocenters. The number of hydrogen-bond acceptors (Lipinski definition) is 13. The highest BCUT2D eigenvalue weighted by Gasteiger charge is 2.46. The van der Waals surface area contributed by atoms with E-state index >= 15 is 0 Å². The van der Waals surface area contributed by atoms with Crippen LogP contribution in [0.3, 0.4) is 0 Å². The lowest BCUT2D eigenvalue weighted by Gasteiger charge is -2.34. The van der Waals surface area contributed by atoms with Crippen molar-refractivity contribution in [3.8, 4) is 21.6 Å². The van der Waals surface area contributed by atoms with Crippen molar-refractivity contribution in [2.45, 2.75) is 136 Å². The number of aromatic amines is 1. The molecule has 22 heteroatoms. The van der Waals surface area contributed by atoms with Gasteiger partial charge in [-0.3, -0.25) is 47.8 Å². The van der Waals surface area contributed by atoms with Gasteiger partial charge in [-0.2, -0.15) is 0 Å². The van der Waals surface area contributed by atoms with Gasteiger partial charge in [0.1, 0.15) is 17.9 Å². The number of carbonyl (C=O) groups excluding carboxylic acids is 8. The number of primary amides is 1. The van der Waals surface area contributed by atoms with Crippen LogP contribution in [0.4, 0.5) is 5.69 Å². The predicted molar refractivity (Wildman–Crippen MR) is 340 cm³/mol. The molecule has 20 nitrogen and oxygen atoms in total. The number of nitrogens with zero attached hydrogens (tertiary/aromatic N) is 3. The third kappa shape index (κ3) is 14.8. The van der Waals surface area contributed by atoms with Gasteiger partial charge in [0.15, 0.2) is 5.78 Å². The molecule has 3 aliphatic rings. The Labute approximate surface area is 525 Å². The third-order valence-electron chi connectivity index (χ3n) is 17.5. The number of H-pyrrole nitrogens is 1. The molecule has 0 radical (unpaired) electrons. The second kappa shape index (κ2) is 27.0. The molecule has 8 N–H and O–H groups in total. The molecule has 0 spiro atoms. The van der Waals surface area contributed by atoms with E-state index in [9.17, 15) is 57.8 Å². The third-order valence-corrected chi connectivity index (χ3v) is 19.2. The van der Waals surface area contributed by atoms with Crippen LogP contribution in [-0.4, -0.2) is 113 Å². The lowest BCUT2D eigenvalue weighted by molar-refractivity contribution is -0.146. The molecule has 5 heterocycles. The van der Waals surface area contributed by atoms with E-state index in [4.69, 9.17) is 10.5 Å². The molecule has 1 fully saturated rings. The summed E-state index contributed by atoms with van der Waals surface area (Å²) in [7, 11) is -5.05. The van der Waals surface area contributed by atoms with Crippen molar-refractivity contribution in [1.82, 2.24) is 25.5 Å². The second-order valence-electron chi connectivity index (χ2n) is 25.0. The van der Waals surface area contributed by atoms with E-state index in [0.717, 1.165) is 55.1 Å². The first-order valence-corrected chi connectivity index (χ1v) is 32.6. The van der Waals surface area contributed by atoms with Gasteiger partial charge in [0, 0.05) is 79.9 Å². The maximum absolute atomic E-state index is 14.7. The molecule has 1 saturated heterocycles. The number of thiazole rings is 1. The molecule has 5 aromatic carbocycles. The van der Waals surface area contributed by atoms with Gasteiger partial charge in [0.2, 0.25) is 29.5 Å². The van der Waals surface area contributed by atoms with Gasteiger partial charge in [-0.25, -0.2) is 4.98 Å². The normalized spacial score (nSPS) is 18.4. The average molecular weight is 1260 g/mol. The van der Waals surface area contributed by atoms with Gasteiger partial charge in [0.25, 0.3) is 5.52 Å². The molecule has 90 heavy (non-hydrogen) atoms. The molecule has 7 aromatic rings. The largest absolute Gasteiger partial charge is 0.396 e. The summed E-state index contributed by atoms with van der Waals surface area (Å²) in [5.41, 5.74) is 14.3. The van der Waals surface area contributed by atoms with Crippen molar-refractivity contribution in [1.29, 1.82) is 0 Å². The number of Topliss-reactive ketones (excluding diaryl/α,β-unsaturated/α-hetero) is 2. The van der Waals surface area contributed by atoms with E-state index in [2.05, 4.69) is 20.6 Å². The number of amides is 5. The Morgan fingerprint density at radius 2 is 1.57 bits per heavy atom. The number of aliphatic hydroxyl groups is 1. The van der Waals surface area contributed by atoms with Gasteiger partial charge in [-0.05, 0) is 107 Å². The van der Waals surface area contributed by atoms with Crippen LogP contribution in [0, 0.1) is 24.2 Å². The summed E-state index contributed by atoms with van der Waals surface area (Å²) in [6, 6.07) is 31.7. The number of β-amino-alcohol motifs (C(OH)–C–C–N with tert-alkyl or cyclic N) is 1. The van der Waals surface area contributed by atoms with E-state index in [-0.39, 0.29) is 93.5 Å². The summed E-state index contributed by atoms with van der Waals surface area (Å²) in [6.07, 6.45) is -0.537. The molecule has 0 aliphatic carbocycles. The first-order valence-electron chi connectivity index (χ1n) is 30.2. The lowest BCUT2D eigenvalue weighted by Crippen LogP contribution is -2.54. The number of likely N-dealkylation sites (tertiary alicyclic amines) is 1. The zero-order valence-corrected chi connectivity index (χ0v) is 52.5. The number of aliphatic hydroxyl groups excluding tert-OH is 1. The smallest absolute Gasteiger partial charge is 0.391 e. The number of aryl methyl sites for hydroxylation is 2. The van der Waals surface area contributed by atoms with Crippen LogP contribution in [0.1, 0.15) is 121 Å². The Morgan fingerprint density at radius 1 is 0.856 bits per heavy atom. The van der Waals surface area contributed by atoms with Crippen molar-refractivity contribution in [3.05, 3.63) is 166 Å². The van der Waals surface area contributed by atoms with Crippen LogP contribution < -0.4 is 21.3 Å². The van der Waals surface area contributed by atoms with Gasteiger partial charge in [-0.15, -0.1) is 11.3 Å². The number of nitrogens with one attached hydrogen (secondary N) is 3. The molecule has 0 bridgehead atoms. The Morgan fingerprint density at radius 3 is 2.27 bits per heavy atom. The highest BCUT2D eigenvalue weighted by atomic mass is 32.1. The van der Waals surface area contributed by atoms with Gasteiger partial charge in [-0.1, -0.05) is 112 Å². The quantitative estimate of drug-likeness (QED) is 0.0221. The number of aromatic nitrogens is 2. The zero-order chi connectivity index (χ0) is 64.3. The average Bonchev–Trinajstić information content (AvgIpc) is 1.61. The number of hydrogen-bond donors (Lipinski definition) is 7. The molecule has 3 aliphatic heterocycles. The predicted octanol–water partition coefficient (Wildman–Crippen LogP) is 8.48. The molecular formula is C68H74N7O13PS. The van der Waals surface area contributed by atoms with Crippen LogP contribution >= 0.6 is 18.9 Å². The number of anilines is 1. The maximum Gasteiger partial charge on any atom is 0.396 e. The fraction of sp³-hybridized carbons (Fsp3) is 0.368. The Balaban J connectivity index is 0.744. The van der Waals surface area contributed by atoms with Crippen molar-refractivity contribution in [3.63, 3.8) is 0 Å². The minimum absolute atomic E-state index is 0.0128. The molecule has 5 amide bonds. The van der Waals surface area contributed by atoms with E-state index in [1.165, 1.54) is 34.1 Å². The van der Waals surface area contributed by atoms with E-state index in [1.807, 2.05) is 119 Å². The highest BCUT2D eigenvalue weighted by molar-refractivity contribution is 7.70. The van der Waals surface area contributed by atoms with Crippen molar-refractivity contribution in [2.75, 3.05) is 11.4 Å². The standard InChI is InChI=1S/C68H74N7O13PS/c1-38-62(90-37-71-38)45-18-12-40(13-19-45)34-70-63(80)57-33-52(77)35-74(57)66(83)53(68(3,4)5)32-51(76)27-42-8-6-10-46(26-42)43-16-14-41(15-17-43)36-88-39(2)54(24-25-60(69)79)73-64(81)58-30-47-11-7-9-44-20-21-48(65(82)75(58)61(44)47)31-59(78)56-29-50-28-49(22-23-55(50)72-56)67(84)89(85,86)87/h6-19,22-23,26,28-29,37,39,48,52-54,57-58,72,77H,20-21,24-25,27,30-36H2,1-5H3,(H2,69,79)(H,70,80)(H,73,81)(H2,85,86,87)/t39-,48-,52-,53-,54+,57+,58+/m1/s1. The van der Waals surface area contributed by atoms with Crippen LogP contribution in [0.2, 0.25) is 0 Å². The Kier molecular flexibility index (Phi) is 19.4. The summed E-state index contributed by atoms with van der Waals surface area (Å²) < 4.78 is 18.0. The van der Waals surface area contributed by atoms with Crippen LogP contribution in [0.25, 0.3) is 32.5 Å². The Hall–Kier alpha value is -8.30. The summed E-state index contributed by atoms with van der Waals surface area (Å²) in [5, 5.41) is 17.2. The summed E-state index contributed by atoms with van der Waals surface area (Å²) in [6.45, 7) is 9.80. The van der Waals surface area contributed by atoms with E-state index < -0.39 is 84.2 Å². The molecular weight excluding hydrogens is 1190 g/mol. The molecule has 10 rings (SSSR count). The SMILES string of the molecule is Cc1ncsc1-c1ccc(CNC(=O)[C@@H]2C[C@@H](O)CN2C(=O)[C@@H](CC(=O)Cc2cccc(-c3ccc(CO[C@H](C)[C@H](CCC(N)=O)NC(=O)[C@@H]4Cc5cccc6c5N4C(=O)[C@@H](CC(=O)c4cc5cc(C(=O)P(=O)(O)O)ccc5[nH]4)CC6)cc3)c2)C(C)(C)C)cc1. The van der Waals surface area contributed by atoms with Crippen LogP contribution in [0.15, 0.2) is 121 Å². The molecule has 7 atom stereocenters. The fourth-order valence-corrected chi connectivity index (χ4v) is 13.8. The van der Waals surface area contributed by atoms with Crippen LogP contribution in [0.5, 0.6) is 0 Å². The minimum atomic E-state index is -5.05. The number of nitrogens with two attached hydrogens (primary N) is 1. The number of rotatable bonds is 24. The molecule has 2 aromatic heterocycles. The van der Waals surface area contributed by atoms with Crippen LogP contribution in [-0.2, 0) is 70.5 Å². The number of ether oxygens (including phenoxy) is 1. The highest BCUT2D eigenvalue weighted by Crippen LogP contribution is 2.43. The minimum Gasteiger partial charge on any atom is -0.391 e. The van der Waals surface area contributed by atoms with Crippen molar-refractivity contribution >= 4 is 82.1 Å². The first-order chi connectivity index (χ1) is 42.8.